The van der Waals surface area contributed by atoms with Crippen LogP contribution in [0.1, 0.15) is 23.6 Å². The normalized spacial score (nSPS) is 11.5. The molecule has 5 nitrogen and oxygen atoms in total. The molecule has 2 aromatic rings. The maximum Gasteiger partial charge on any atom is 0.387 e. The molecule has 0 unspecified atom stereocenters. The highest BCUT2D eigenvalue weighted by atomic mass is 19.3. The van der Waals surface area contributed by atoms with Gasteiger partial charge in [-0.25, -0.2) is 0 Å². The lowest BCUT2D eigenvalue weighted by Crippen LogP contribution is -2.36. The van der Waals surface area contributed by atoms with E-state index >= 15 is 0 Å². The maximum absolute atomic E-state index is 12.5. The number of halogens is 2. The van der Waals surface area contributed by atoms with E-state index in [2.05, 4.69) is 20.4 Å². The molecule has 0 fully saturated rings. The standard InChI is InChI=1S/C20H25F2N3O2/c1-3-26-14-16-10-8-15(9-11-16)12-24-20(23-2)25-13-17-6-4-5-7-18(17)27-19(21)22/h4-11,19H,3,12-14H2,1-2H3,(H2,23,24,25). The van der Waals surface area contributed by atoms with Crippen molar-refractivity contribution in [1.29, 1.82) is 0 Å². The summed E-state index contributed by atoms with van der Waals surface area (Å²) in [4.78, 5) is 4.15. The number of para-hydroxylation sites is 1. The van der Waals surface area contributed by atoms with Crippen LogP contribution in [0.15, 0.2) is 53.5 Å². The van der Waals surface area contributed by atoms with Gasteiger partial charge in [-0.3, -0.25) is 4.99 Å². The highest BCUT2D eigenvalue weighted by Gasteiger charge is 2.09. The predicted octanol–water partition coefficient (Wildman–Crippen LogP) is 3.69. The van der Waals surface area contributed by atoms with Gasteiger partial charge in [-0.15, -0.1) is 0 Å². The fourth-order valence-corrected chi connectivity index (χ4v) is 2.42. The van der Waals surface area contributed by atoms with Gasteiger partial charge in [-0.1, -0.05) is 42.5 Å². The number of guanidine groups is 1. The zero-order chi connectivity index (χ0) is 19.5. The van der Waals surface area contributed by atoms with E-state index in [1.54, 1.807) is 25.2 Å². The summed E-state index contributed by atoms with van der Waals surface area (Å²) in [5.41, 5.74) is 2.85. The van der Waals surface area contributed by atoms with E-state index in [-0.39, 0.29) is 5.75 Å². The van der Waals surface area contributed by atoms with Crippen LogP contribution in [0.2, 0.25) is 0 Å². The Kier molecular flexibility index (Phi) is 8.51. The van der Waals surface area contributed by atoms with Crippen LogP contribution in [0.5, 0.6) is 5.75 Å². The first-order valence-corrected chi connectivity index (χ1v) is 8.75. The van der Waals surface area contributed by atoms with Crippen LogP contribution in [0.25, 0.3) is 0 Å². The average molecular weight is 377 g/mol. The molecular weight excluding hydrogens is 352 g/mol. The number of benzene rings is 2. The summed E-state index contributed by atoms with van der Waals surface area (Å²) < 4.78 is 34.9. The molecule has 0 atom stereocenters. The van der Waals surface area contributed by atoms with Crippen molar-refractivity contribution >= 4 is 5.96 Å². The summed E-state index contributed by atoms with van der Waals surface area (Å²) in [6.45, 7) is 1.31. The Morgan fingerprint density at radius 2 is 1.67 bits per heavy atom. The number of rotatable bonds is 9. The largest absolute Gasteiger partial charge is 0.434 e. The summed E-state index contributed by atoms with van der Waals surface area (Å²) in [7, 11) is 1.65. The number of ether oxygens (including phenoxy) is 2. The van der Waals surface area contributed by atoms with Gasteiger partial charge in [-0.05, 0) is 24.1 Å². The first-order chi connectivity index (χ1) is 13.1. The molecule has 0 saturated heterocycles. The average Bonchev–Trinajstić information content (AvgIpc) is 2.68. The van der Waals surface area contributed by atoms with Crippen LogP contribution in [-0.2, 0) is 24.4 Å². The summed E-state index contributed by atoms with van der Waals surface area (Å²) in [5, 5.41) is 6.30. The molecule has 0 spiro atoms. The number of hydrogen-bond acceptors (Lipinski definition) is 3. The van der Waals surface area contributed by atoms with E-state index < -0.39 is 6.61 Å². The van der Waals surface area contributed by atoms with Gasteiger partial charge in [0.1, 0.15) is 5.75 Å². The molecule has 0 aliphatic rings. The highest BCUT2D eigenvalue weighted by Crippen LogP contribution is 2.19. The maximum atomic E-state index is 12.5. The predicted molar refractivity (Wildman–Crippen MR) is 102 cm³/mol. The molecule has 27 heavy (non-hydrogen) atoms. The number of hydrogen-bond donors (Lipinski definition) is 2. The Morgan fingerprint density at radius 1 is 1.00 bits per heavy atom. The van der Waals surface area contributed by atoms with Crippen LogP contribution in [0.3, 0.4) is 0 Å². The third-order valence-electron chi connectivity index (χ3n) is 3.81. The fraction of sp³-hybridized carbons (Fsp3) is 0.350. The minimum absolute atomic E-state index is 0.153. The lowest BCUT2D eigenvalue weighted by molar-refractivity contribution is -0.0504. The van der Waals surface area contributed by atoms with Crippen molar-refractivity contribution in [2.24, 2.45) is 4.99 Å². The number of nitrogens with one attached hydrogen (secondary N) is 2. The Hall–Kier alpha value is -2.67. The van der Waals surface area contributed by atoms with Crippen molar-refractivity contribution in [3.05, 3.63) is 65.2 Å². The van der Waals surface area contributed by atoms with Gasteiger partial charge in [0.2, 0.25) is 0 Å². The first-order valence-electron chi connectivity index (χ1n) is 8.75. The minimum atomic E-state index is -2.85. The molecule has 0 saturated carbocycles. The van der Waals surface area contributed by atoms with Gasteiger partial charge in [0, 0.05) is 32.3 Å². The van der Waals surface area contributed by atoms with Crippen molar-refractivity contribution in [3.8, 4) is 5.75 Å². The van der Waals surface area contributed by atoms with Gasteiger partial charge in [0.05, 0.1) is 6.61 Å². The molecule has 146 valence electrons. The summed E-state index contributed by atoms with van der Waals surface area (Å²) >= 11 is 0. The van der Waals surface area contributed by atoms with Gasteiger partial charge >= 0.3 is 6.61 Å². The fourth-order valence-electron chi connectivity index (χ4n) is 2.42. The lowest BCUT2D eigenvalue weighted by atomic mass is 10.1. The Labute approximate surface area is 158 Å². The third kappa shape index (κ3) is 7.22. The number of nitrogens with zero attached hydrogens (tertiary/aromatic N) is 1. The SMILES string of the molecule is CCOCc1ccc(CNC(=NC)NCc2ccccc2OC(F)F)cc1. The molecule has 0 aliphatic carbocycles. The minimum Gasteiger partial charge on any atom is -0.434 e. The Bertz CT molecular complexity index is 721. The van der Waals surface area contributed by atoms with E-state index in [4.69, 9.17) is 4.74 Å². The van der Waals surface area contributed by atoms with Crippen molar-refractivity contribution in [2.75, 3.05) is 13.7 Å². The van der Waals surface area contributed by atoms with Crippen LogP contribution < -0.4 is 15.4 Å². The Balaban J connectivity index is 1.86. The molecule has 0 aliphatic heterocycles. The molecule has 2 rings (SSSR count). The van der Waals surface area contributed by atoms with Crippen LogP contribution >= 0.6 is 0 Å². The second-order valence-electron chi connectivity index (χ2n) is 5.72. The second kappa shape index (κ2) is 11.1. The van der Waals surface area contributed by atoms with E-state index in [9.17, 15) is 8.78 Å². The monoisotopic (exact) mass is 377 g/mol. The number of aliphatic imine (C=N–C) groups is 1. The Morgan fingerprint density at radius 3 is 2.33 bits per heavy atom. The number of alkyl halides is 2. The molecule has 7 heteroatoms. The van der Waals surface area contributed by atoms with Crippen LogP contribution in [0, 0.1) is 0 Å². The zero-order valence-corrected chi connectivity index (χ0v) is 15.5. The topological polar surface area (TPSA) is 54.9 Å². The van der Waals surface area contributed by atoms with Gasteiger partial charge in [0.25, 0.3) is 0 Å². The van der Waals surface area contributed by atoms with E-state index in [0.717, 1.165) is 11.1 Å². The summed E-state index contributed by atoms with van der Waals surface area (Å²) in [6, 6.07) is 14.8. The zero-order valence-electron chi connectivity index (χ0n) is 15.5. The van der Waals surface area contributed by atoms with Crippen LogP contribution in [-0.4, -0.2) is 26.2 Å². The molecule has 2 aromatic carbocycles. The van der Waals surface area contributed by atoms with Crippen molar-refractivity contribution in [1.82, 2.24) is 10.6 Å². The second-order valence-corrected chi connectivity index (χ2v) is 5.72. The molecule has 0 amide bonds. The van der Waals surface area contributed by atoms with Gasteiger partial charge < -0.3 is 20.1 Å². The van der Waals surface area contributed by atoms with Gasteiger partial charge in [0.15, 0.2) is 5.96 Å². The molecule has 2 N–H and O–H groups in total. The first kappa shape index (κ1) is 20.6. The molecule has 0 aromatic heterocycles. The van der Waals surface area contributed by atoms with Gasteiger partial charge in [-0.2, -0.15) is 8.78 Å². The summed E-state index contributed by atoms with van der Waals surface area (Å²) in [6.07, 6.45) is 0. The van der Waals surface area contributed by atoms with E-state index in [1.807, 2.05) is 31.2 Å². The lowest BCUT2D eigenvalue weighted by Gasteiger charge is -2.14. The van der Waals surface area contributed by atoms with Crippen molar-refractivity contribution in [2.45, 2.75) is 33.2 Å². The van der Waals surface area contributed by atoms with Crippen molar-refractivity contribution in [3.63, 3.8) is 0 Å². The molecule has 0 bridgehead atoms. The smallest absolute Gasteiger partial charge is 0.387 e. The van der Waals surface area contributed by atoms with E-state index in [1.165, 1.54) is 6.07 Å². The van der Waals surface area contributed by atoms with E-state index in [0.29, 0.717) is 37.8 Å². The molecule has 0 radical (unpaired) electrons. The summed E-state index contributed by atoms with van der Waals surface area (Å²) in [5.74, 6) is 0.723. The molecule has 0 heterocycles. The third-order valence-corrected chi connectivity index (χ3v) is 3.81. The molecular formula is C20H25F2N3O2. The van der Waals surface area contributed by atoms with Crippen LogP contribution in [0.4, 0.5) is 8.78 Å². The quantitative estimate of drug-likeness (QED) is 0.517. The van der Waals surface area contributed by atoms with Crippen molar-refractivity contribution < 1.29 is 18.3 Å². The highest BCUT2D eigenvalue weighted by molar-refractivity contribution is 5.79.